The van der Waals surface area contributed by atoms with E-state index in [9.17, 15) is 18.0 Å². The normalized spacial score (nSPS) is 14.5. The van der Waals surface area contributed by atoms with Crippen molar-refractivity contribution in [1.82, 2.24) is 9.80 Å². The van der Waals surface area contributed by atoms with Gasteiger partial charge in [-0.2, -0.15) is 13.2 Å². The molecule has 2 aromatic carbocycles. The van der Waals surface area contributed by atoms with Gasteiger partial charge in [0.25, 0.3) is 5.91 Å². The largest absolute Gasteiger partial charge is 0.490 e. The first kappa shape index (κ1) is 30.9. The van der Waals surface area contributed by atoms with Crippen LogP contribution in [0.15, 0.2) is 42.5 Å². The van der Waals surface area contributed by atoms with Crippen molar-refractivity contribution in [3.05, 3.63) is 63.6 Å². The number of carboxylic acids is 1. The van der Waals surface area contributed by atoms with E-state index in [1.165, 1.54) is 37.8 Å². The molecule has 0 aliphatic carbocycles. The average molecular weight is 562 g/mol. The zero-order valence-corrected chi connectivity index (χ0v) is 22.2. The third-order valence-electron chi connectivity index (χ3n) is 5.81. The van der Waals surface area contributed by atoms with Crippen LogP contribution in [0, 0.1) is 0 Å². The number of benzene rings is 2. The van der Waals surface area contributed by atoms with Crippen LogP contribution in [0.3, 0.4) is 0 Å². The number of nitrogens with zero attached hydrogens (tertiary/aromatic N) is 2. The molecule has 3 rings (SSSR count). The molecule has 0 atom stereocenters. The number of amides is 1. The summed E-state index contributed by atoms with van der Waals surface area (Å²) in [6.45, 7) is 8.84. The maximum atomic E-state index is 12.5. The first-order valence-corrected chi connectivity index (χ1v) is 12.9. The number of aliphatic carboxylic acids is 1. The Kier molecular flexibility index (Phi) is 12.7. The van der Waals surface area contributed by atoms with Gasteiger partial charge < -0.3 is 15.3 Å². The minimum atomic E-state index is -5.08. The molecule has 0 unspecified atom stereocenters. The summed E-state index contributed by atoms with van der Waals surface area (Å²) in [7, 11) is 0. The quantitative estimate of drug-likeness (QED) is 0.338. The Balaban J connectivity index is 0.000000604. The van der Waals surface area contributed by atoms with Crippen molar-refractivity contribution >= 4 is 40.8 Å². The lowest BCUT2D eigenvalue weighted by atomic mass is 10.1. The van der Waals surface area contributed by atoms with Gasteiger partial charge in [-0.25, -0.2) is 4.79 Å². The minimum Gasteiger partial charge on any atom is -0.475 e. The number of carbonyl (C=O) groups excluding carboxylic acids is 1. The molecule has 11 heteroatoms. The SMILES string of the molecule is CCCCCCN1CCN(Cc2cccc(NC(=O)c3ccc(Cl)c(Cl)c3)c2)CC1.O=C(O)C(F)(F)F. The van der Waals surface area contributed by atoms with Crippen molar-refractivity contribution in [2.75, 3.05) is 38.0 Å². The Bertz CT molecular complexity index is 1030. The van der Waals surface area contributed by atoms with Crippen LogP contribution in [-0.2, 0) is 11.3 Å². The summed E-state index contributed by atoms with van der Waals surface area (Å²) >= 11 is 12.0. The van der Waals surface area contributed by atoms with E-state index in [-0.39, 0.29) is 5.91 Å². The van der Waals surface area contributed by atoms with Gasteiger partial charge in [0.2, 0.25) is 0 Å². The van der Waals surface area contributed by atoms with Gasteiger partial charge in [-0.3, -0.25) is 9.69 Å². The van der Waals surface area contributed by atoms with Crippen LogP contribution in [0.5, 0.6) is 0 Å². The van der Waals surface area contributed by atoms with E-state index >= 15 is 0 Å². The van der Waals surface area contributed by atoms with Gasteiger partial charge >= 0.3 is 12.1 Å². The summed E-state index contributed by atoms with van der Waals surface area (Å²) in [4.78, 5) is 26.5. The van der Waals surface area contributed by atoms with Gasteiger partial charge in [0.1, 0.15) is 0 Å². The topological polar surface area (TPSA) is 72.9 Å². The fraction of sp³-hybridized carbons (Fsp3) is 0.462. The predicted molar refractivity (Wildman–Crippen MR) is 140 cm³/mol. The maximum Gasteiger partial charge on any atom is 0.490 e. The molecule has 0 radical (unpaired) electrons. The molecule has 1 saturated heterocycles. The highest BCUT2D eigenvalue weighted by atomic mass is 35.5. The molecule has 37 heavy (non-hydrogen) atoms. The molecular formula is C26H32Cl2F3N3O3. The molecule has 2 N–H and O–H groups in total. The zero-order valence-electron chi connectivity index (χ0n) is 20.7. The lowest BCUT2D eigenvalue weighted by molar-refractivity contribution is -0.192. The number of anilines is 1. The van der Waals surface area contributed by atoms with Gasteiger partial charge in [-0.1, -0.05) is 61.5 Å². The van der Waals surface area contributed by atoms with E-state index < -0.39 is 12.1 Å². The number of carboxylic acid groups (broad SMARTS) is 1. The van der Waals surface area contributed by atoms with Crippen LogP contribution >= 0.6 is 23.2 Å². The number of alkyl halides is 3. The lowest BCUT2D eigenvalue weighted by Gasteiger charge is -2.34. The smallest absolute Gasteiger partial charge is 0.475 e. The third kappa shape index (κ3) is 11.3. The number of rotatable bonds is 9. The van der Waals surface area contributed by atoms with Crippen LogP contribution < -0.4 is 5.32 Å². The Morgan fingerprint density at radius 3 is 2.19 bits per heavy atom. The van der Waals surface area contributed by atoms with Crippen LogP contribution in [0.1, 0.15) is 48.5 Å². The molecule has 0 bridgehead atoms. The van der Waals surface area contributed by atoms with Crippen molar-refractivity contribution in [1.29, 1.82) is 0 Å². The van der Waals surface area contributed by atoms with Crippen LogP contribution in [0.4, 0.5) is 18.9 Å². The number of hydrogen-bond donors (Lipinski definition) is 2. The van der Waals surface area contributed by atoms with E-state index in [1.807, 2.05) is 18.2 Å². The number of halogens is 5. The van der Waals surface area contributed by atoms with E-state index in [4.69, 9.17) is 33.1 Å². The molecule has 1 fully saturated rings. The summed E-state index contributed by atoms with van der Waals surface area (Å²) < 4.78 is 31.7. The van der Waals surface area contributed by atoms with E-state index in [1.54, 1.807) is 18.2 Å². The zero-order chi connectivity index (χ0) is 27.4. The van der Waals surface area contributed by atoms with E-state index in [2.05, 4.69) is 28.1 Å². The Labute approximate surface area is 225 Å². The molecule has 1 aliphatic heterocycles. The Morgan fingerprint density at radius 1 is 0.946 bits per heavy atom. The average Bonchev–Trinajstić information content (AvgIpc) is 2.84. The van der Waals surface area contributed by atoms with Crippen LogP contribution in [0.2, 0.25) is 10.0 Å². The van der Waals surface area contributed by atoms with Crippen molar-refractivity contribution in [2.45, 2.75) is 45.3 Å². The molecular weight excluding hydrogens is 530 g/mol. The van der Waals surface area contributed by atoms with Crippen molar-refractivity contribution in [2.24, 2.45) is 0 Å². The highest BCUT2D eigenvalue weighted by Crippen LogP contribution is 2.23. The number of piperazine rings is 1. The maximum absolute atomic E-state index is 12.5. The van der Waals surface area contributed by atoms with Crippen LogP contribution in [-0.4, -0.2) is 65.7 Å². The Morgan fingerprint density at radius 2 is 1.59 bits per heavy atom. The third-order valence-corrected chi connectivity index (χ3v) is 6.55. The molecule has 1 amide bonds. The fourth-order valence-electron chi connectivity index (χ4n) is 3.78. The first-order valence-electron chi connectivity index (χ1n) is 12.1. The van der Waals surface area contributed by atoms with Crippen molar-refractivity contribution in [3.8, 4) is 0 Å². The molecule has 1 heterocycles. The van der Waals surface area contributed by atoms with Crippen molar-refractivity contribution in [3.63, 3.8) is 0 Å². The first-order chi connectivity index (χ1) is 17.5. The molecule has 6 nitrogen and oxygen atoms in total. The van der Waals surface area contributed by atoms with Crippen molar-refractivity contribution < 1.29 is 27.9 Å². The Hall–Kier alpha value is -2.33. The number of nitrogens with one attached hydrogen (secondary N) is 1. The van der Waals surface area contributed by atoms with Gasteiger partial charge in [0.15, 0.2) is 0 Å². The molecule has 2 aromatic rings. The summed E-state index contributed by atoms with van der Waals surface area (Å²) in [5.74, 6) is -2.95. The number of carbonyl (C=O) groups is 2. The highest BCUT2D eigenvalue weighted by molar-refractivity contribution is 6.42. The van der Waals surface area contributed by atoms with Gasteiger partial charge in [0.05, 0.1) is 10.0 Å². The second-order valence-corrected chi connectivity index (χ2v) is 9.58. The summed E-state index contributed by atoms with van der Waals surface area (Å²) in [5, 5.41) is 10.9. The second kappa shape index (κ2) is 15.2. The molecule has 204 valence electrons. The number of unbranched alkanes of at least 4 members (excludes halogenated alkanes) is 3. The van der Waals surface area contributed by atoms with Gasteiger partial charge in [-0.15, -0.1) is 0 Å². The molecule has 0 aromatic heterocycles. The fourth-order valence-corrected chi connectivity index (χ4v) is 4.08. The lowest BCUT2D eigenvalue weighted by Crippen LogP contribution is -2.46. The standard InChI is InChI=1S/C24H31Cl2N3O.C2HF3O2/c1-2-3-4-5-11-28-12-14-29(15-13-28)18-19-7-6-8-21(16-19)27-24(30)20-9-10-22(25)23(26)17-20;3-2(4,5)1(6)7/h6-10,16-17H,2-5,11-15,18H2,1H3,(H,27,30);(H,6,7). The molecule has 1 aliphatic rings. The van der Waals surface area contributed by atoms with Gasteiger partial charge in [-0.05, 0) is 48.9 Å². The number of hydrogen-bond acceptors (Lipinski definition) is 4. The highest BCUT2D eigenvalue weighted by Gasteiger charge is 2.38. The predicted octanol–water partition coefficient (Wildman–Crippen LogP) is 6.58. The van der Waals surface area contributed by atoms with Gasteiger partial charge in [0, 0.05) is 44.0 Å². The monoisotopic (exact) mass is 561 g/mol. The summed E-state index contributed by atoms with van der Waals surface area (Å²) in [6, 6.07) is 13.0. The molecule has 0 saturated carbocycles. The summed E-state index contributed by atoms with van der Waals surface area (Å²) in [5.41, 5.74) is 2.49. The second-order valence-electron chi connectivity index (χ2n) is 8.76. The van der Waals surface area contributed by atoms with Crippen LogP contribution in [0.25, 0.3) is 0 Å². The molecule has 0 spiro atoms. The van der Waals surface area contributed by atoms with E-state index in [0.717, 1.165) is 38.4 Å². The van der Waals surface area contributed by atoms with E-state index in [0.29, 0.717) is 15.6 Å². The minimum absolute atomic E-state index is 0.192. The summed E-state index contributed by atoms with van der Waals surface area (Å²) in [6.07, 6.45) is 0.213.